The highest BCUT2D eigenvalue weighted by atomic mass is 16.5. The predicted octanol–water partition coefficient (Wildman–Crippen LogP) is 3.09. The van der Waals surface area contributed by atoms with Crippen molar-refractivity contribution in [2.75, 3.05) is 37.0 Å². The lowest BCUT2D eigenvalue weighted by molar-refractivity contribution is -0.119. The fourth-order valence-electron chi connectivity index (χ4n) is 2.75. The van der Waals surface area contributed by atoms with Gasteiger partial charge in [0.1, 0.15) is 5.75 Å². The number of rotatable bonds is 5. The SMILES string of the molecule is CCN(CC)C(=O)Nc1ccc(OC)c(N2CCCCC2=O)c1. The Balaban J connectivity index is 2.24. The summed E-state index contributed by atoms with van der Waals surface area (Å²) in [6.45, 7) is 5.86. The van der Waals surface area contributed by atoms with Crippen molar-refractivity contribution in [2.45, 2.75) is 33.1 Å². The summed E-state index contributed by atoms with van der Waals surface area (Å²) in [5.41, 5.74) is 1.38. The summed E-state index contributed by atoms with van der Waals surface area (Å²) in [4.78, 5) is 27.8. The average Bonchev–Trinajstić information content (AvgIpc) is 2.56. The van der Waals surface area contributed by atoms with E-state index in [0.717, 1.165) is 18.5 Å². The van der Waals surface area contributed by atoms with Gasteiger partial charge in [-0.3, -0.25) is 4.79 Å². The zero-order valence-corrected chi connectivity index (χ0v) is 14.1. The topological polar surface area (TPSA) is 61.9 Å². The standard InChI is InChI=1S/C17H25N3O3/c1-4-19(5-2)17(22)18-13-9-10-15(23-3)14(12-13)20-11-7-6-8-16(20)21/h9-10,12H,4-8,11H2,1-3H3,(H,18,22). The number of methoxy groups -OCH3 is 1. The van der Waals surface area contributed by atoms with Gasteiger partial charge in [0, 0.05) is 31.7 Å². The second-order valence-electron chi connectivity index (χ2n) is 5.49. The fourth-order valence-corrected chi connectivity index (χ4v) is 2.75. The van der Waals surface area contributed by atoms with Crippen LogP contribution in [0, 0.1) is 0 Å². The molecule has 0 radical (unpaired) electrons. The molecule has 0 aliphatic carbocycles. The second kappa shape index (κ2) is 7.85. The first-order chi connectivity index (χ1) is 11.1. The quantitative estimate of drug-likeness (QED) is 0.907. The van der Waals surface area contributed by atoms with Crippen LogP contribution in [0.1, 0.15) is 33.1 Å². The van der Waals surface area contributed by atoms with Crippen molar-refractivity contribution in [3.8, 4) is 5.75 Å². The van der Waals surface area contributed by atoms with Gasteiger partial charge in [0.25, 0.3) is 0 Å². The minimum absolute atomic E-state index is 0.0989. The van der Waals surface area contributed by atoms with Crippen molar-refractivity contribution < 1.29 is 14.3 Å². The lowest BCUT2D eigenvalue weighted by Gasteiger charge is -2.28. The predicted molar refractivity (Wildman–Crippen MR) is 91.1 cm³/mol. The van der Waals surface area contributed by atoms with E-state index in [4.69, 9.17) is 4.74 Å². The highest BCUT2D eigenvalue weighted by molar-refractivity contribution is 5.97. The molecule has 1 N–H and O–H groups in total. The number of hydrogen-bond donors (Lipinski definition) is 1. The fraction of sp³-hybridized carbons (Fsp3) is 0.529. The smallest absolute Gasteiger partial charge is 0.321 e. The molecule has 1 aliphatic heterocycles. The number of anilines is 2. The normalized spacial score (nSPS) is 14.6. The van der Waals surface area contributed by atoms with Crippen molar-refractivity contribution >= 4 is 23.3 Å². The Morgan fingerprint density at radius 1 is 1.30 bits per heavy atom. The first-order valence-corrected chi connectivity index (χ1v) is 8.15. The molecule has 2 rings (SSSR count). The van der Waals surface area contributed by atoms with Gasteiger partial charge in [-0.1, -0.05) is 0 Å². The second-order valence-corrected chi connectivity index (χ2v) is 5.49. The molecular weight excluding hydrogens is 294 g/mol. The summed E-state index contributed by atoms with van der Waals surface area (Å²) >= 11 is 0. The first kappa shape index (κ1) is 17.1. The molecule has 0 saturated carbocycles. The van der Waals surface area contributed by atoms with Crippen molar-refractivity contribution in [3.63, 3.8) is 0 Å². The Hall–Kier alpha value is -2.24. The van der Waals surface area contributed by atoms with Crippen LogP contribution >= 0.6 is 0 Å². The van der Waals surface area contributed by atoms with E-state index >= 15 is 0 Å². The molecule has 0 aromatic heterocycles. The van der Waals surface area contributed by atoms with E-state index in [0.29, 0.717) is 37.5 Å². The van der Waals surface area contributed by atoms with E-state index < -0.39 is 0 Å². The summed E-state index contributed by atoms with van der Waals surface area (Å²) in [5.74, 6) is 0.739. The lowest BCUT2D eigenvalue weighted by atomic mass is 10.1. The number of benzene rings is 1. The van der Waals surface area contributed by atoms with Crippen LogP contribution in [-0.2, 0) is 4.79 Å². The zero-order valence-electron chi connectivity index (χ0n) is 14.1. The van der Waals surface area contributed by atoms with Gasteiger partial charge < -0.3 is 19.9 Å². The number of ether oxygens (including phenoxy) is 1. The van der Waals surface area contributed by atoms with Crippen molar-refractivity contribution in [1.82, 2.24) is 4.90 Å². The minimum Gasteiger partial charge on any atom is -0.495 e. The molecule has 126 valence electrons. The van der Waals surface area contributed by atoms with Gasteiger partial charge in [0.05, 0.1) is 12.8 Å². The average molecular weight is 319 g/mol. The molecule has 1 saturated heterocycles. The van der Waals surface area contributed by atoms with E-state index in [1.165, 1.54) is 0 Å². The van der Waals surface area contributed by atoms with E-state index in [1.807, 2.05) is 19.9 Å². The van der Waals surface area contributed by atoms with Crippen LogP contribution in [-0.4, -0.2) is 43.6 Å². The van der Waals surface area contributed by atoms with Crippen LogP contribution in [0.25, 0.3) is 0 Å². The Morgan fingerprint density at radius 3 is 2.65 bits per heavy atom. The summed E-state index contributed by atoms with van der Waals surface area (Å²) in [6, 6.07) is 5.24. The molecule has 1 aromatic rings. The van der Waals surface area contributed by atoms with Gasteiger partial charge in [-0.05, 0) is 44.9 Å². The van der Waals surface area contributed by atoms with Crippen LogP contribution in [0.5, 0.6) is 5.75 Å². The molecule has 1 aromatic carbocycles. The molecule has 23 heavy (non-hydrogen) atoms. The maximum Gasteiger partial charge on any atom is 0.321 e. The highest BCUT2D eigenvalue weighted by Gasteiger charge is 2.23. The number of nitrogens with zero attached hydrogens (tertiary/aromatic N) is 2. The van der Waals surface area contributed by atoms with Crippen LogP contribution in [0.2, 0.25) is 0 Å². The molecule has 1 fully saturated rings. The molecule has 6 nitrogen and oxygen atoms in total. The van der Waals surface area contributed by atoms with Crippen LogP contribution in [0.15, 0.2) is 18.2 Å². The number of hydrogen-bond acceptors (Lipinski definition) is 3. The van der Waals surface area contributed by atoms with Gasteiger partial charge in [-0.2, -0.15) is 0 Å². The molecule has 0 atom stereocenters. The third kappa shape index (κ3) is 3.94. The molecule has 0 bridgehead atoms. The third-order valence-electron chi connectivity index (χ3n) is 4.09. The van der Waals surface area contributed by atoms with Crippen LogP contribution < -0.4 is 15.0 Å². The first-order valence-electron chi connectivity index (χ1n) is 8.15. The van der Waals surface area contributed by atoms with Gasteiger partial charge in [0.2, 0.25) is 5.91 Å². The van der Waals surface area contributed by atoms with Gasteiger partial charge in [-0.15, -0.1) is 0 Å². The van der Waals surface area contributed by atoms with E-state index in [-0.39, 0.29) is 11.9 Å². The summed E-state index contributed by atoms with van der Waals surface area (Å²) in [6.07, 6.45) is 2.46. The monoisotopic (exact) mass is 319 g/mol. The maximum atomic E-state index is 12.2. The number of amides is 3. The number of carbonyl (C=O) groups excluding carboxylic acids is 2. The van der Waals surface area contributed by atoms with Gasteiger partial charge >= 0.3 is 6.03 Å². The van der Waals surface area contributed by atoms with E-state index in [1.54, 1.807) is 29.0 Å². The molecule has 1 heterocycles. The number of piperidine rings is 1. The highest BCUT2D eigenvalue weighted by Crippen LogP contribution is 2.33. The Labute approximate surface area is 137 Å². The van der Waals surface area contributed by atoms with Gasteiger partial charge in [-0.25, -0.2) is 4.79 Å². The number of carbonyl (C=O) groups is 2. The maximum absolute atomic E-state index is 12.2. The largest absolute Gasteiger partial charge is 0.495 e. The van der Waals surface area contributed by atoms with Crippen LogP contribution in [0.4, 0.5) is 16.2 Å². The third-order valence-corrected chi connectivity index (χ3v) is 4.09. The molecule has 0 spiro atoms. The summed E-state index contributed by atoms with van der Waals surface area (Å²) in [5, 5.41) is 2.88. The van der Waals surface area contributed by atoms with E-state index in [2.05, 4.69) is 5.32 Å². The van der Waals surface area contributed by atoms with Crippen molar-refractivity contribution in [3.05, 3.63) is 18.2 Å². The Kier molecular flexibility index (Phi) is 5.84. The lowest BCUT2D eigenvalue weighted by Crippen LogP contribution is -2.36. The van der Waals surface area contributed by atoms with Crippen molar-refractivity contribution in [1.29, 1.82) is 0 Å². The summed E-state index contributed by atoms with van der Waals surface area (Å²) < 4.78 is 5.38. The van der Waals surface area contributed by atoms with E-state index in [9.17, 15) is 9.59 Å². The Bertz CT molecular complexity index is 570. The number of nitrogens with one attached hydrogen (secondary N) is 1. The van der Waals surface area contributed by atoms with Crippen LogP contribution in [0.3, 0.4) is 0 Å². The van der Waals surface area contributed by atoms with Gasteiger partial charge in [0.15, 0.2) is 0 Å². The van der Waals surface area contributed by atoms with Crippen molar-refractivity contribution in [2.24, 2.45) is 0 Å². The summed E-state index contributed by atoms with van der Waals surface area (Å²) in [7, 11) is 1.58. The zero-order chi connectivity index (χ0) is 16.8. The molecule has 1 aliphatic rings. The molecule has 6 heteroatoms. The molecular formula is C17H25N3O3. The minimum atomic E-state index is -0.143. The molecule has 3 amide bonds. The molecule has 0 unspecified atom stereocenters. The number of urea groups is 1. The Morgan fingerprint density at radius 2 is 2.04 bits per heavy atom.